The van der Waals surface area contributed by atoms with Gasteiger partial charge in [0.25, 0.3) is 0 Å². The van der Waals surface area contributed by atoms with Crippen molar-refractivity contribution in [2.75, 3.05) is 11.5 Å². The molecule has 1 atom stereocenters. The molecule has 0 bridgehead atoms. The quantitative estimate of drug-likeness (QED) is 0.760. The number of aliphatic hydroxyl groups excluding tert-OH is 1. The fraction of sp³-hybridized carbons (Fsp3) is 0.538. The van der Waals surface area contributed by atoms with Gasteiger partial charge < -0.3 is 10.0 Å². The summed E-state index contributed by atoms with van der Waals surface area (Å²) >= 11 is 0. The van der Waals surface area contributed by atoms with E-state index in [1.54, 1.807) is 0 Å². The lowest BCUT2D eigenvalue weighted by molar-refractivity contribution is 0.248. The van der Waals surface area contributed by atoms with E-state index >= 15 is 0 Å². The van der Waals surface area contributed by atoms with Crippen molar-refractivity contribution in [3.8, 4) is 0 Å². The largest absolute Gasteiger partial charge is 0.394 e. The third-order valence-electron chi connectivity index (χ3n) is 3.01. The molecule has 0 saturated carbocycles. The Bertz CT molecular complexity index is 354. The van der Waals surface area contributed by atoms with Gasteiger partial charge in [-0.25, -0.2) is 0 Å². The third-order valence-corrected chi connectivity index (χ3v) is 3.01. The first kappa shape index (κ1) is 10.5. The van der Waals surface area contributed by atoms with E-state index in [0.717, 1.165) is 6.42 Å². The molecule has 0 aromatic heterocycles. The molecule has 2 heteroatoms. The summed E-state index contributed by atoms with van der Waals surface area (Å²) in [4.78, 5) is 2.34. The van der Waals surface area contributed by atoms with E-state index in [9.17, 15) is 5.11 Å². The highest BCUT2D eigenvalue weighted by Crippen LogP contribution is 2.36. The number of hydrogen-bond donors (Lipinski definition) is 1. The maximum absolute atomic E-state index is 9.43. The van der Waals surface area contributed by atoms with Gasteiger partial charge in [0.05, 0.1) is 12.6 Å². The minimum Gasteiger partial charge on any atom is -0.394 e. The van der Waals surface area contributed by atoms with E-state index in [1.807, 2.05) is 0 Å². The number of benzene rings is 1. The standard InChI is InChI=1S/C13H19NO/c1-13(2,3)14-11(9-15)8-10-6-4-5-7-12(10)14/h4-7,11,15H,8-9H2,1-3H3. The summed E-state index contributed by atoms with van der Waals surface area (Å²) in [6.45, 7) is 6.80. The maximum Gasteiger partial charge on any atom is 0.0638 e. The summed E-state index contributed by atoms with van der Waals surface area (Å²) in [5.74, 6) is 0. The van der Waals surface area contributed by atoms with Gasteiger partial charge in [0.2, 0.25) is 0 Å². The fourth-order valence-electron chi connectivity index (χ4n) is 2.52. The molecule has 0 radical (unpaired) electrons. The van der Waals surface area contributed by atoms with E-state index in [4.69, 9.17) is 0 Å². The lowest BCUT2D eigenvalue weighted by Gasteiger charge is -2.39. The predicted molar refractivity (Wildman–Crippen MR) is 63.3 cm³/mol. The molecule has 0 amide bonds. The molecule has 1 aromatic rings. The Labute approximate surface area is 91.5 Å². The van der Waals surface area contributed by atoms with E-state index in [-0.39, 0.29) is 18.2 Å². The Morgan fingerprint density at radius 2 is 2.00 bits per heavy atom. The highest BCUT2D eigenvalue weighted by molar-refractivity contribution is 5.61. The zero-order chi connectivity index (χ0) is 11.1. The van der Waals surface area contributed by atoms with Gasteiger partial charge in [0, 0.05) is 11.2 Å². The Morgan fingerprint density at radius 1 is 1.33 bits per heavy atom. The minimum atomic E-state index is 0.0694. The lowest BCUT2D eigenvalue weighted by atomic mass is 10.0. The second-order valence-electron chi connectivity index (χ2n) is 5.21. The summed E-state index contributed by atoms with van der Waals surface area (Å²) in [5.41, 5.74) is 2.70. The van der Waals surface area contributed by atoms with Gasteiger partial charge in [-0.3, -0.25) is 0 Å². The second kappa shape index (κ2) is 3.53. The molecule has 2 rings (SSSR count). The third kappa shape index (κ3) is 1.74. The molecule has 0 spiro atoms. The highest BCUT2D eigenvalue weighted by atomic mass is 16.3. The number of anilines is 1. The molecule has 1 heterocycles. The van der Waals surface area contributed by atoms with Crippen molar-refractivity contribution in [2.45, 2.75) is 38.8 Å². The van der Waals surface area contributed by atoms with Crippen molar-refractivity contribution in [1.29, 1.82) is 0 Å². The van der Waals surface area contributed by atoms with Gasteiger partial charge >= 0.3 is 0 Å². The van der Waals surface area contributed by atoms with Crippen LogP contribution in [0.25, 0.3) is 0 Å². The van der Waals surface area contributed by atoms with Crippen LogP contribution in [0.1, 0.15) is 26.3 Å². The van der Waals surface area contributed by atoms with Crippen LogP contribution in [0.3, 0.4) is 0 Å². The molecule has 2 nitrogen and oxygen atoms in total. The Balaban J connectivity index is 2.43. The highest BCUT2D eigenvalue weighted by Gasteiger charge is 2.35. The molecule has 82 valence electrons. The van der Waals surface area contributed by atoms with E-state index in [2.05, 4.69) is 49.9 Å². The van der Waals surface area contributed by atoms with Gasteiger partial charge in [-0.2, -0.15) is 0 Å². The monoisotopic (exact) mass is 205 g/mol. The van der Waals surface area contributed by atoms with Crippen molar-refractivity contribution in [3.63, 3.8) is 0 Å². The van der Waals surface area contributed by atoms with E-state index < -0.39 is 0 Å². The second-order valence-corrected chi connectivity index (χ2v) is 5.21. The fourth-order valence-corrected chi connectivity index (χ4v) is 2.52. The molecule has 0 saturated heterocycles. The number of hydrogen-bond acceptors (Lipinski definition) is 2. The summed E-state index contributed by atoms with van der Waals surface area (Å²) < 4.78 is 0. The first-order valence-electron chi connectivity index (χ1n) is 5.52. The number of para-hydroxylation sites is 1. The summed E-state index contributed by atoms with van der Waals surface area (Å²) in [6.07, 6.45) is 0.962. The van der Waals surface area contributed by atoms with Crippen LogP contribution in [0, 0.1) is 0 Å². The van der Waals surface area contributed by atoms with Crippen LogP contribution in [0.5, 0.6) is 0 Å². The predicted octanol–water partition coefficient (Wildman–Crippen LogP) is 2.21. The number of nitrogens with zero attached hydrogens (tertiary/aromatic N) is 1. The van der Waals surface area contributed by atoms with Gasteiger partial charge in [0.1, 0.15) is 0 Å². The van der Waals surface area contributed by atoms with Gasteiger partial charge in [-0.15, -0.1) is 0 Å². The molecule has 1 unspecified atom stereocenters. The zero-order valence-corrected chi connectivity index (χ0v) is 9.70. The van der Waals surface area contributed by atoms with Crippen molar-refractivity contribution in [2.24, 2.45) is 0 Å². The first-order valence-corrected chi connectivity index (χ1v) is 5.52. The summed E-state index contributed by atoms with van der Waals surface area (Å²) in [7, 11) is 0. The lowest BCUT2D eigenvalue weighted by Crippen LogP contribution is -2.47. The molecule has 0 aliphatic carbocycles. The van der Waals surface area contributed by atoms with Crippen molar-refractivity contribution >= 4 is 5.69 Å². The summed E-state index contributed by atoms with van der Waals surface area (Å²) in [5, 5.41) is 9.43. The SMILES string of the molecule is CC(C)(C)N1c2ccccc2CC1CO. The number of rotatable bonds is 1. The normalized spacial score (nSPS) is 20.5. The van der Waals surface area contributed by atoms with E-state index in [0.29, 0.717) is 0 Å². The van der Waals surface area contributed by atoms with Crippen LogP contribution in [-0.2, 0) is 6.42 Å². The topological polar surface area (TPSA) is 23.5 Å². The molecule has 15 heavy (non-hydrogen) atoms. The summed E-state index contributed by atoms with van der Waals surface area (Å²) in [6, 6.07) is 8.68. The molecular formula is C13H19NO. The minimum absolute atomic E-state index is 0.0694. The van der Waals surface area contributed by atoms with Crippen molar-refractivity contribution in [3.05, 3.63) is 29.8 Å². The van der Waals surface area contributed by atoms with Gasteiger partial charge in [-0.1, -0.05) is 18.2 Å². The van der Waals surface area contributed by atoms with Gasteiger partial charge in [0.15, 0.2) is 0 Å². The van der Waals surface area contributed by atoms with E-state index in [1.165, 1.54) is 11.3 Å². The Hall–Kier alpha value is -1.02. The van der Waals surface area contributed by atoms with Crippen molar-refractivity contribution in [1.82, 2.24) is 0 Å². The Kier molecular flexibility index (Phi) is 2.47. The van der Waals surface area contributed by atoms with Crippen molar-refractivity contribution < 1.29 is 5.11 Å². The average Bonchev–Trinajstić information content (AvgIpc) is 2.54. The molecule has 1 aliphatic rings. The van der Waals surface area contributed by atoms with Gasteiger partial charge in [-0.05, 0) is 38.8 Å². The Morgan fingerprint density at radius 3 is 2.60 bits per heavy atom. The van der Waals surface area contributed by atoms with Crippen LogP contribution in [0.15, 0.2) is 24.3 Å². The number of aliphatic hydroxyl groups is 1. The first-order chi connectivity index (χ1) is 7.04. The van der Waals surface area contributed by atoms with Crippen LogP contribution >= 0.6 is 0 Å². The maximum atomic E-state index is 9.43. The molecule has 0 fully saturated rings. The molecule has 1 aliphatic heterocycles. The zero-order valence-electron chi connectivity index (χ0n) is 9.70. The number of fused-ring (bicyclic) bond motifs is 1. The molecular weight excluding hydrogens is 186 g/mol. The van der Waals surface area contributed by atoms with Crippen LogP contribution < -0.4 is 4.90 Å². The average molecular weight is 205 g/mol. The van der Waals surface area contributed by atoms with Crippen LogP contribution in [0.2, 0.25) is 0 Å². The molecule has 1 aromatic carbocycles. The van der Waals surface area contributed by atoms with Crippen LogP contribution in [-0.4, -0.2) is 23.3 Å². The smallest absolute Gasteiger partial charge is 0.0638 e. The molecule has 1 N–H and O–H groups in total. The van der Waals surface area contributed by atoms with Crippen LogP contribution in [0.4, 0.5) is 5.69 Å².